The first-order chi connectivity index (χ1) is 15.6. The summed E-state index contributed by atoms with van der Waals surface area (Å²) in [6.07, 6.45) is 4.93. The molecule has 0 spiro atoms. The summed E-state index contributed by atoms with van der Waals surface area (Å²) in [5.41, 5.74) is 4.64. The first kappa shape index (κ1) is 21.5. The molecule has 1 N–H and O–H groups in total. The molecule has 0 aliphatic carbocycles. The zero-order valence-corrected chi connectivity index (χ0v) is 18.7. The van der Waals surface area contributed by atoms with Gasteiger partial charge in [0, 0.05) is 29.4 Å². The molecule has 0 unspecified atom stereocenters. The highest BCUT2D eigenvalue weighted by molar-refractivity contribution is 7.14. The van der Waals surface area contributed by atoms with Gasteiger partial charge in [0.2, 0.25) is 0 Å². The second kappa shape index (κ2) is 10.0. The van der Waals surface area contributed by atoms with Crippen LogP contribution >= 0.6 is 11.3 Å². The van der Waals surface area contributed by atoms with E-state index in [0.29, 0.717) is 11.7 Å². The predicted molar refractivity (Wildman–Crippen MR) is 130 cm³/mol. The summed E-state index contributed by atoms with van der Waals surface area (Å²) in [4.78, 5) is 21.1. The molecule has 160 valence electrons. The third-order valence-corrected chi connectivity index (χ3v) is 5.51. The second-order valence-corrected chi connectivity index (χ2v) is 8.34. The maximum atomic E-state index is 12.2. The van der Waals surface area contributed by atoms with Crippen molar-refractivity contribution in [1.82, 2.24) is 9.97 Å². The molecular formula is C26H23N3O2S. The summed E-state index contributed by atoms with van der Waals surface area (Å²) in [5, 5.41) is 5.94. The van der Waals surface area contributed by atoms with Gasteiger partial charge in [-0.05, 0) is 47.4 Å². The number of hydrogen-bond donors (Lipinski definition) is 1. The Hall–Kier alpha value is -3.77. The van der Waals surface area contributed by atoms with Crippen LogP contribution in [-0.4, -0.2) is 15.9 Å². The lowest BCUT2D eigenvalue weighted by Crippen LogP contribution is -2.04. The lowest BCUT2D eigenvalue weighted by atomic mass is 10.0. The van der Waals surface area contributed by atoms with E-state index in [1.54, 1.807) is 24.4 Å². The predicted octanol–water partition coefficient (Wildman–Crippen LogP) is 6.69. The number of nitrogens with one attached hydrogen (secondary N) is 1. The van der Waals surface area contributed by atoms with E-state index in [0.717, 1.165) is 27.8 Å². The molecule has 2 aromatic heterocycles. The van der Waals surface area contributed by atoms with Crippen molar-refractivity contribution in [3.8, 4) is 17.1 Å². The Kier molecular flexibility index (Phi) is 6.72. The Balaban J connectivity index is 1.37. The molecule has 0 atom stereocenters. The van der Waals surface area contributed by atoms with Gasteiger partial charge < -0.3 is 10.1 Å². The van der Waals surface area contributed by atoms with Crippen LogP contribution in [0.2, 0.25) is 0 Å². The number of benzene rings is 2. The van der Waals surface area contributed by atoms with Crippen molar-refractivity contribution in [3.63, 3.8) is 0 Å². The van der Waals surface area contributed by atoms with E-state index >= 15 is 0 Å². The minimum absolute atomic E-state index is 0.429. The molecule has 0 aliphatic heterocycles. The van der Waals surface area contributed by atoms with Gasteiger partial charge in [-0.3, -0.25) is 4.98 Å². The van der Waals surface area contributed by atoms with Gasteiger partial charge in [0.25, 0.3) is 0 Å². The lowest BCUT2D eigenvalue weighted by Gasteiger charge is -2.06. The van der Waals surface area contributed by atoms with Crippen LogP contribution in [-0.2, 0) is 4.79 Å². The van der Waals surface area contributed by atoms with Crippen molar-refractivity contribution in [3.05, 3.63) is 95.5 Å². The zero-order chi connectivity index (χ0) is 22.3. The summed E-state index contributed by atoms with van der Waals surface area (Å²) in [6.45, 7) is 4.30. The molecular weight excluding hydrogens is 418 g/mol. The second-order valence-electron chi connectivity index (χ2n) is 7.48. The summed E-state index contributed by atoms with van der Waals surface area (Å²) in [6, 6.07) is 21.1. The third kappa shape index (κ3) is 5.68. The number of thiazole rings is 1. The van der Waals surface area contributed by atoms with Gasteiger partial charge in [0.05, 0.1) is 5.69 Å². The number of pyridine rings is 1. The molecule has 0 saturated carbocycles. The van der Waals surface area contributed by atoms with Gasteiger partial charge in [0.1, 0.15) is 11.4 Å². The maximum absolute atomic E-state index is 12.2. The van der Waals surface area contributed by atoms with E-state index in [-0.39, 0.29) is 0 Å². The molecule has 2 heterocycles. The molecule has 5 nitrogen and oxygen atoms in total. The summed E-state index contributed by atoms with van der Waals surface area (Å²) in [7, 11) is 0. The van der Waals surface area contributed by atoms with E-state index < -0.39 is 5.97 Å². The Labute approximate surface area is 191 Å². The van der Waals surface area contributed by atoms with Crippen LogP contribution in [0.3, 0.4) is 0 Å². The highest BCUT2D eigenvalue weighted by Crippen LogP contribution is 2.27. The van der Waals surface area contributed by atoms with Crippen LogP contribution < -0.4 is 10.1 Å². The molecule has 4 aromatic rings. The van der Waals surface area contributed by atoms with Crippen LogP contribution in [0, 0.1) is 0 Å². The maximum Gasteiger partial charge on any atom is 0.336 e. The van der Waals surface area contributed by atoms with Crippen molar-refractivity contribution < 1.29 is 9.53 Å². The van der Waals surface area contributed by atoms with Gasteiger partial charge in [-0.15, -0.1) is 11.3 Å². The van der Waals surface area contributed by atoms with Crippen LogP contribution in [0.4, 0.5) is 10.8 Å². The average molecular weight is 442 g/mol. The topological polar surface area (TPSA) is 64.1 Å². The van der Waals surface area contributed by atoms with Crippen molar-refractivity contribution in [2.75, 3.05) is 5.32 Å². The van der Waals surface area contributed by atoms with Crippen LogP contribution in [0.1, 0.15) is 30.9 Å². The standard InChI is InChI=1S/C26H23N3O2S/c1-18(2)20-12-9-19(10-13-20)11-14-25(30)31-22-7-5-6-21(16-22)28-26-29-24(17-32-26)23-8-3-4-15-27-23/h3-18H,1-2H3,(H,28,29)/b14-11+. The van der Waals surface area contributed by atoms with E-state index in [2.05, 4.69) is 41.3 Å². The molecule has 0 saturated heterocycles. The highest BCUT2D eigenvalue weighted by Gasteiger charge is 2.07. The van der Waals surface area contributed by atoms with E-state index in [4.69, 9.17) is 4.74 Å². The molecule has 32 heavy (non-hydrogen) atoms. The number of hydrogen-bond acceptors (Lipinski definition) is 6. The highest BCUT2D eigenvalue weighted by atomic mass is 32.1. The molecule has 0 bridgehead atoms. The van der Waals surface area contributed by atoms with E-state index in [1.165, 1.54) is 23.0 Å². The van der Waals surface area contributed by atoms with Crippen LogP contribution in [0.25, 0.3) is 17.5 Å². The Bertz CT molecular complexity index is 1220. The van der Waals surface area contributed by atoms with Crippen molar-refractivity contribution in [2.45, 2.75) is 19.8 Å². The number of anilines is 2. The minimum atomic E-state index is -0.429. The number of esters is 1. The molecule has 4 rings (SSSR count). The number of nitrogens with zero attached hydrogens (tertiary/aromatic N) is 2. The van der Waals surface area contributed by atoms with E-state index in [1.807, 2.05) is 47.8 Å². The fourth-order valence-electron chi connectivity index (χ4n) is 3.03. The van der Waals surface area contributed by atoms with Crippen molar-refractivity contribution >= 4 is 34.2 Å². The fraction of sp³-hybridized carbons (Fsp3) is 0.115. The van der Waals surface area contributed by atoms with Crippen LogP contribution in [0.5, 0.6) is 5.75 Å². The zero-order valence-electron chi connectivity index (χ0n) is 17.9. The third-order valence-electron chi connectivity index (χ3n) is 4.75. The quantitative estimate of drug-likeness (QED) is 0.197. The van der Waals surface area contributed by atoms with Crippen LogP contribution in [0.15, 0.2) is 84.4 Å². The molecule has 0 fully saturated rings. The summed E-state index contributed by atoms with van der Waals surface area (Å²) < 4.78 is 5.46. The molecule has 6 heteroatoms. The van der Waals surface area contributed by atoms with E-state index in [9.17, 15) is 4.79 Å². The fourth-order valence-corrected chi connectivity index (χ4v) is 3.75. The largest absolute Gasteiger partial charge is 0.423 e. The molecule has 0 amide bonds. The summed E-state index contributed by atoms with van der Waals surface area (Å²) in [5.74, 6) is 0.507. The average Bonchev–Trinajstić information content (AvgIpc) is 3.27. The first-order valence-electron chi connectivity index (χ1n) is 10.3. The molecule has 0 aliphatic rings. The van der Waals surface area contributed by atoms with Gasteiger partial charge >= 0.3 is 5.97 Å². The number of rotatable bonds is 7. The van der Waals surface area contributed by atoms with Gasteiger partial charge in [-0.1, -0.05) is 50.2 Å². The van der Waals surface area contributed by atoms with Gasteiger partial charge in [0.15, 0.2) is 5.13 Å². The Morgan fingerprint density at radius 3 is 2.62 bits per heavy atom. The number of carbonyl (C=O) groups excluding carboxylic acids is 1. The Morgan fingerprint density at radius 1 is 1.03 bits per heavy atom. The lowest BCUT2D eigenvalue weighted by molar-refractivity contribution is -0.128. The molecule has 0 radical (unpaired) electrons. The number of ether oxygens (including phenoxy) is 1. The minimum Gasteiger partial charge on any atom is -0.423 e. The van der Waals surface area contributed by atoms with Gasteiger partial charge in [-0.25, -0.2) is 9.78 Å². The Morgan fingerprint density at radius 2 is 1.88 bits per heavy atom. The first-order valence-corrected chi connectivity index (χ1v) is 11.2. The normalized spacial score (nSPS) is 11.1. The number of carbonyl (C=O) groups is 1. The van der Waals surface area contributed by atoms with Gasteiger partial charge in [-0.2, -0.15) is 0 Å². The SMILES string of the molecule is CC(C)c1ccc(/C=C/C(=O)Oc2cccc(Nc3nc(-c4ccccn4)cs3)c2)cc1. The molecule has 2 aromatic carbocycles. The smallest absolute Gasteiger partial charge is 0.336 e. The van der Waals surface area contributed by atoms with Crippen molar-refractivity contribution in [1.29, 1.82) is 0 Å². The summed E-state index contributed by atoms with van der Waals surface area (Å²) >= 11 is 1.49. The van der Waals surface area contributed by atoms with Crippen molar-refractivity contribution in [2.24, 2.45) is 0 Å². The monoisotopic (exact) mass is 441 g/mol. The number of aromatic nitrogens is 2.